The second-order valence-corrected chi connectivity index (χ2v) is 8.27. The van der Waals surface area contributed by atoms with Gasteiger partial charge in [-0.25, -0.2) is 25.3 Å². The fourth-order valence-electron chi connectivity index (χ4n) is 1.79. The molecule has 26 heavy (non-hydrogen) atoms. The molecule has 2 aromatic rings. The van der Waals surface area contributed by atoms with Gasteiger partial charge in [0.2, 0.25) is 0 Å². The van der Waals surface area contributed by atoms with Crippen molar-refractivity contribution in [1.82, 2.24) is 0 Å². The summed E-state index contributed by atoms with van der Waals surface area (Å²) in [7, 11) is -15.1. The Morgan fingerprint density at radius 2 is 1.04 bits per heavy atom. The first-order valence-corrected chi connectivity index (χ1v) is 9.48. The molecule has 10 nitrogen and oxygen atoms in total. The van der Waals surface area contributed by atoms with E-state index in [-0.39, 0.29) is 105 Å². The second kappa shape index (κ2) is 11.0. The van der Waals surface area contributed by atoms with Crippen LogP contribution in [0, 0.1) is 0 Å². The summed E-state index contributed by atoms with van der Waals surface area (Å²) in [5, 5.41) is -0.668. The smallest absolute Gasteiger partial charge is 0.744 e. The Morgan fingerprint density at radius 1 is 0.615 bits per heavy atom. The van der Waals surface area contributed by atoms with E-state index in [4.69, 9.17) is 0 Å². The van der Waals surface area contributed by atoms with Gasteiger partial charge in [0.1, 0.15) is 30.4 Å². The van der Waals surface area contributed by atoms with E-state index in [2.05, 4.69) is 0 Å². The summed E-state index contributed by atoms with van der Waals surface area (Å²) in [6, 6.07) is 3.39. The Morgan fingerprint density at radius 3 is 1.42 bits per heavy atom. The third-order valence-corrected chi connectivity index (χ3v) is 5.23. The molecule has 0 aliphatic rings. The summed E-state index contributed by atoms with van der Waals surface area (Å²) < 4.78 is 99.3. The molecule has 0 aliphatic carbocycles. The van der Waals surface area contributed by atoms with Gasteiger partial charge in [0, 0.05) is 0 Å². The molecule has 2 rings (SSSR count). The number of fused-ring (bicyclic) bond motifs is 1. The summed E-state index contributed by atoms with van der Waals surface area (Å²) >= 11 is 0. The van der Waals surface area contributed by atoms with Crippen molar-refractivity contribution in [1.29, 1.82) is 0 Å². The van der Waals surface area contributed by atoms with Crippen LogP contribution in [0.5, 0.6) is 0 Å². The molecule has 0 saturated heterocycles. The first-order chi connectivity index (χ1) is 9.80. The van der Waals surface area contributed by atoms with E-state index in [9.17, 15) is 38.9 Å². The maximum absolute atomic E-state index is 11.2. The van der Waals surface area contributed by atoms with Crippen molar-refractivity contribution in [2.45, 2.75) is 14.7 Å². The van der Waals surface area contributed by atoms with E-state index in [1.165, 1.54) is 0 Å². The molecule has 128 valence electrons. The minimum atomic E-state index is -5.14. The summed E-state index contributed by atoms with van der Waals surface area (Å²) in [4.78, 5) is -2.81. The van der Waals surface area contributed by atoms with E-state index in [1.54, 1.807) is 0 Å². The number of hydrogen-bond acceptors (Lipinski definition) is 9. The van der Waals surface area contributed by atoms with Gasteiger partial charge in [-0.05, 0) is 35.0 Å². The van der Waals surface area contributed by atoms with Crippen LogP contribution in [-0.4, -0.2) is 44.4 Å². The average Bonchev–Trinajstić information content (AvgIpc) is 2.33. The Bertz CT molecular complexity index is 1090. The normalized spacial score (nSPS) is 11.3. The third kappa shape index (κ3) is 7.67. The van der Waals surface area contributed by atoms with Crippen LogP contribution in [0.15, 0.2) is 45.0 Å². The molecule has 0 unspecified atom stereocenters. The molecule has 0 aliphatic heterocycles. The standard InChI is InChI=1S/C10H8O9S3.3Na.H2O/c11-20(12,13)7-1-2-9-6(3-7)4-8(21(14,15)16)5-10(9)22(17,18)19;;;;/h1-5H,(H,11,12,13)(H,14,15,16)(H,17,18,19);;;;1H2/q;3*+1;/p-3. The van der Waals surface area contributed by atoms with E-state index >= 15 is 0 Å². The zero-order valence-electron chi connectivity index (χ0n) is 13.8. The zero-order valence-corrected chi connectivity index (χ0v) is 22.2. The fourth-order valence-corrected chi connectivity index (χ4v) is 3.63. The zero-order chi connectivity index (χ0) is 16.9. The number of hydrogen-bond donors (Lipinski definition) is 0. The van der Waals surface area contributed by atoms with Crippen LogP contribution in [-0.2, 0) is 30.4 Å². The first kappa shape index (κ1) is 32.1. The second-order valence-electron chi connectivity index (χ2n) is 4.17. The summed E-state index contributed by atoms with van der Waals surface area (Å²) in [5.41, 5.74) is 0. The van der Waals surface area contributed by atoms with Gasteiger partial charge < -0.3 is 19.1 Å². The van der Waals surface area contributed by atoms with Crippen LogP contribution in [0.2, 0.25) is 0 Å². The molecule has 0 bridgehead atoms. The SMILES string of the molecule is O.O=S(=O)([O-])c1ccc2c(S(=O)(=O)[O-])cc(S(=O)(=O)[O-])cc2c1.[Na+].[Na+].[Na+]. The summed E-state index contributed by atoms with van der Waals surface area (Å²) in [5.74, 6) is 0. The minimum absolute atomic E-state index is 0. The van der Waals surface area contributed by atoms with Crippen molar-refractivity contribution in [3.63, 3.8) is 0 Å². The van der Waals surface area contributed by atoms with Crippen LogP contribution in [0.25, 0.3) is 10.8 Å². The van der Waals surface area contributed by atoms with Crippen LogP contribution >= 0.6 is 0 Å². The topological polar surface area (TPSA) is 203 Å². The summed E-state index contributed by atoms with van der Waals surface area (Å²) in [6.07, 6.45) is 0. The third-order valence-electron chi connectivity index (χ3n) is 2.71. The molecule has 0 saturated carbocycles. The number of rotatable bonds is 3. The molecule has 2 aromatic carbocycles. The van der Waals surface area contributed by atoms with E-state index in [1.807, 2.05) is 0 Å². The predicted molar refractivity (Wildman–Crippen MR) is 71.5 cm³/mol. The Hall–Kier alpha value is 1.39. The molecule has 0 radical (unpaired) electrons. The Balaban J connectivity index is -0.00000132. The molecule has 0 atom stereocenters. The molecular formula is C10H7Na3O10S3. The van der Waals surface area contributed by atoms with Crippen molar-refractivity contribution in [2.75, 3.05) is 0 Å². The number of benzene rings is 2. The summed E-state index contributed by atoms with van der Waals surface area (Å²) in [6.45, 7) is 0. The molecule has 0 spiro atoms. The predicted octanol–water partition coefficient (Wildman–Crippen LogP) is -10.3. The first-order valence-electron chi connectivity index (χ1n) is 5.26. The monoisotopic (exact) mass is 452 g/mol. The fraction of sp³-hybridized carbons (Fsp3) is 0. The molecule has 0 fully saturated rings. The van der Waals surface area contributed by atoms with Crippen molar-refractivity contribution >= 4 is 41.1 Å². The molecule has 0 heterocycles. The van der Waals surface area contributed by atoms with Crippen molar-refractivity contribution in [3.05, 3.63) is 30.3 Å². The van der Waals surface area contributed by atoms with Crippen LogP contribution in [0.1, 0.15) is 0 Å². The van der Waals surface area contributed by atoms with Crippen molar-refractivity contribution in [2.24, 2.45) is 0 Å². The van der Waals surface area contributed by atoms with Gasteiger partial charge in [0.15, 0.2) is 0 Å². The Labute approximate surface area is 216 Å². The van der Waals surface area contributed by atoms with Gasteiger partial charge in [-0.3, -0.25) is 0 Å². The largest absolute Gasteiger partial charge is 1.00 e. The van der Waals surface area contributed by atoms with Crippen molar-refractivity contribution in [3.8, 4) is 0 Å². The van der Waals surface area contributed by atoms with E-state index in [0.717, 1.165) is 12.1 Å². The molecule has 16 heteroatoms. The van der Waals surface area contributed by atoms with Gasteiger partial charge >= 0.3 is 88.7 Å². The van der Waals surface area contributed by atoms with Gasteiger partial charge in [-0.2, -0.15) is 0 Å². The average molecular weight is 452 g/mol. The quantitative estimate of drug-likeness (QED) is 0.320. The molecule has 0 aromatic heterocycles. The van der Waals surface area contributed by atoms with Crippen LogP contribution < -0.4 is 88.7 Å². The van der Waals surface area contributed by atoms with Crippen LogP contribution in [0.4, 0.5) is 0 Å². The maximum atomic E-state index is 11.2. The van der Waals surface area contributed by atoms with E-state index in [0.29, 0.717) is 18.2 Å². The van der Waals surface area contributed by atoms with E-state index < -0.39 is 45.0 Å². The molecular weight excluding hydrogens is 445 g/mol. The minimum Gasteiger partial charge on any atom is -0.744 e. The van der Waals surface area contributed by atoms with Gasteiger partial charge in [0.05, 0.1) is 14.7 Å². The maximum Gasteiger partial charge on any atom is 1.00 e. The molecule has 0 amide bonds. The van der Waals surface area contributed by atoms with Crippen molar-refractivity contribution < 1.29 is 133 Å². The van der Waals surface area contributed by atoms with Gasteiger partial charge in [-0.15, -0.1) is 0 Å². The molecule has 2 N–H and O–H groups in total. The van der Waals surface area contributed by atoms with Crippen LogP contribution in [0.3, 0.4) is 0 Å². The van der Waals surface area contributed by atoms with Gasteiger partial charge in [-0.1, -0.05) is 6.07 Å². The van der Waals surface area contributed by atoms with Gasteiger partial charge in [0.25, 0.3) is 0 Å². The Kier molecular flexibility index (Phi) is 13.5.